The topological polar surface area (TPSA) is 21.3 Å². The fraction of sp³-hybridized carbons (Fsp3) is 0.368. The summed E-state index contributed by atoms with van der Waals surface area (Å²) >= 11 is 0. The lowest BCUT2D eigenvalue weighted by Gasteiger charge is -2.19. The number of likely N-dealkylation sites (N-methyl/N-ethyl adjacent to an activating group) is 1. The number of hydrogen-bond donors (Lipinski definition) is 1. The lowest BCUT2D eigenvalue weighted by atomic mass is 9.87. The second-order valence-corrected chi connectivity index (χ2v) is 6.30. The van der Waals surface area contributed by atoms with Crippen LogP contribution in [0.4, 0.5) is 4.39 Å². The number of nitrogens with one attached hydrogen (secondary N) is 1. The van der Waals surface area contributed by atoms with Crippen molar-refractivity contribution in [3.63, 3.8) is 0 Å². The van der Waals surface area contributed by atoms with Gasteiger partial charge in [0.2, 0.25) is 0 Å². The summed E-state index contributed by atoms with van der Waals surface area (Å²) in [7, 11) is 1.94. The molecule has 0 spiro atoms. The average molecular weight is 297 g/mol. The maximum absolute atomic E-state index is 13.8. The van der Waals surface area contributed by atoms with Crippen molar-refractivity contribution in [2.24, 2.45) is 0 Å². The molecule has 4 rings (SSSR count). The summed E-state index contributed by atoms with van der Waals surface area (Å²) < 4.78 is 20.1. The Morgan fingerprint density at radius 1 is 1.14 bits per heavy atom. The van der Waals surface area contributed by atoms with E-state index in [2.05, 4.69) is 29.6 Å². The van der Waals surface area contributed by atoms with E-state index in [1.807, 2.05) is 13.1 Å². The fourth-order valence-corrected chi connectivity index (χ4v) is 3.95. The number of fused-ring (bicyclic) bond motifs is 5. The molecule has 0 aromatic heterocycles. The number of halogens is 1. The van der Waals surface area contributed by atoms with Gasteiger partial charge < -0.3 is 10.1 Å². The maximum atomic E-state index is 13.8. The van der Waals surface area contributed by atoms with Crippen LogP contribution in [0.25, 0.3) is 0 Å². The van der Waals surface area contributed by atoms with Crippen LogP contribution in [0, 0.1) is 5.82 Å². The monoisotopic (exact) mass is 297 g/mol. The van der Waals surface area contributed by atoms with E-state index in [1.165, 1.54) is 16.7 Å². The van der Waals surface area contributed by atoms with Gasteiger partial charge in [-0.1, -0.05) is 30.3 Å². The van der Waals surface area contributed by atoms with Crippen LogP contribution in [0.2, 0.25) is 0 Å². The van der Waals surface area contributed by atoms with Crippen LogP contribution in [0.15, 0.2) is 42.5 Å². The highest BCUT2D eigenvalue weighted by Crippen LogP contribution is 2.49. The molecule has 2 nitrogen and oxygen atoms in total. The molecule has 0 unspecified atom stereocenters. The summed E-state index contributed by atoms with van der Waals surface area (Å²) in [6, 6.07) is 13.7. The van der Waals surface area contributed by atoms with Crippen molar-refractivity contribution in [3.8, 4) is 0 Å². The number of ether oxygens (including phenoxy) is 1. The Kier molecular flexibility index (Phi) is 3.47. The molecule has 3 heteroatoms. The predicted molar refractivity (Wildman–Crippen MR) is 84.5 cm³/mol. The van der Waals surface area contributed by atoms with Crippen LogP contribution in [0.5, 0.6) is 0 Å². The Morgan fingerprint density at radius 3 is 2.82 bits per heavy atom. The molecule has 3 atom stereocenters. The van der Waals surface area contributed by atoms with E-state index in [9.17, 15) is 4.39 Å². The number of hydrogen-bond acceptors (Lipinski definition) is 2. The van der Waals surface area contributed by atoms with Gasteiger partial charge in [-0.05, 0) is 54.3 Å². The molecule has 0 radical (unpaired) electrons. The molecule has 2 aromatic carbocycles. The third-order valence-corrected chi connectivity index (χ3v) is 4.90. The Morgan fingerprint density at radius 2 is 1.95 bits per heavy atom. The highest BCUT2D eigenvalue weighted by Gasteiger charge is 2.40. The van der Waals surface area contributed by atoms with Gasteiger partial charge in [0.05, 0.1) is 12.2 Å². The van der Waals surface area contributed by atoms with E-state index >= 15 is 0 Å². The first-order chi connectivity index (χ1) is 10.8. The fourth-order valence-electron chi connectivity index (χ4n) is 3.95. The summed E-state index contributed by atoms with van der Waals surface area (Å²) in [4.78, 5) is 0. The Hall–Kier alpha value is -1.71. The van der Waals surface area contributed by atoms with Gasteiger partial charge >= 0.3 is 0 Å². The van der Waals surface area contributed by atoms with Crippen molar-refractivity contribution >= 4 is 0 Å². The minimum Gasteiger partial charge on any atom is -0.368 e. The zero-order valence-electron chi connectivity index (χ0n) is 12.7. The molecule has 1 N–H and O–H groups in total. The normalized spacial score (nSPS) is 26.0. The lowest BCUT2D eigenvalue weighted by Crippen LogP contribution is -2.23. The first-order valence-electron chi connectivity index (χ1n) is 7.92. The number of rotatable bonds is 2. The van der Waals surface area contributed by atoms with Crippen molar-refractivity contribution in [1.29, 1.82) is 0 Å². The first kappa shape index (κ1) is 13.9. The van der Waals surface area contributed by atoms with Crippen molar-refractivity contribution in [1.82, 2.24) is 5.32 Å². The lowest BCUT2D eigenvalue weighted by molar-refractivity contribution is 0.0419. The van der Waals surface area contributed by atoms with E-state index in [1.54, 1.807) is 12.1 Å². The molecule has 2 aromatic rings. The summed E-state index contributed by atoms with van der Waals surface area (Å²) in [5.74, 6) is 0.0909. The third-order valence-electron chi connectivity index (χ3n) is 4.90. The van der Waals surface area contributed by atoms with E-state index < -0.39 is 0 Å². The van der Waals surface area contributed by atoms with Crippen LogP contribution < -0.4 is 5.32 Å². The van der Waals surface area contributed by atoms with E-state index in [4.69, 9.17) is 4.74 Å². The van der Waals surface area contributed by atoms with Gasteiger partial charge in [0.25, 0.3) is 0 Å². The van der Waals surface area contributed by atoms with Crippen LogP contribution in [0.3, 0.4) is 0 Å². The molecule has 1 saturated heterocycles. The van der Waals surface area contributed by atoms with Crippen LogP contribution in [0.1, 0.15) is 40.7 Å². The van der Waals surface area contributed by atoms with Gasteiger partial charge in [-0.15, -0.1) is 0 Å². The van der Waals surface area contributed by atoms with Gasteiger partial charge in [0, 0.05) is 12.5 Å². The summed E-state index contributed by atoms with van der Waals surface area (Å²) in [5.41, 5.74) is 4.92. The minimum absolute atomic E-state index is 0.0394. The van der Waals surface area contributed by atoms with E-state index in [0.717, 1.165) is 24.9 Å². The molecular formula is C19H20FNO. The highest BCUT2D eigenvalue weighted by atomic mass is 19.1. The third kappa shape index (κ3) is 2.25. The van der Waals surface area contributed by atoms with Gasteiger partial charge in [0.1, 0.15) is 5.82 Å². The molecule has 22 heavy (non-hydrogen) atoms. The van der Waals surface area contributed by atoms with Gasteiger partial charge in [0.15, 0.2) is 0 Å². The Labute approximate surface area is 130 Å². The smallest absolute Gasteiger partial charge is 0.123 e. The molecule has 0 amide bonds. The molecule has 2 aliphatic rings. The standard InChI is InChI=1S/C19H20FNO/c1-21-11-15-10-18-17-9-14(20)7-6-13(17)8-12-4-2-3-5-16(12)19(18)22-15/h2-7,9,15,18-19,21H,8,10-11H2,1H3/t15-,18+,19+/m0/s1. The van der Waals surface area contributed by atoms with Gasteiger partial charge in [-0.2, -0.15) is 0 Å². The SMILES string of the molecule is CNC[C@@H]1C[C@@H]2c3cc(F)ccc3Cc3ccccc3[C@H]2O1. The predicted octanol–water partition coefficient (Wildman–Crippen LogP) is 3.56. The van der Waals surface area contributed by atoms with Gasteiger partial charge in [-0.3, -0.25) is 0 Å². The first-order valence-corrected chi connectivity index (χ1v) is 7.92. The largest absolute Gasteiger partial charge is 0.368 e. The second kappa shape index (κ2) is 5.49. The van der Waals surface area contributed by atoms with Gasteiger partial charge in [-0.25, -0.2) is 4.39 Å². The molecule has 1 fully saturated rings. The molecule has 1 heterocycles. The summed E-state index contributed by atoms with van der Waals surface area (Å²) in [6.45, 7) is 0.833. The van der Waals surface area contributed by atoms with Crippen molar-refractivity contribution < 1.29 is 9.13 Å². The molecule has 114 valence electrons. The molecule has 1 aliphatic carbocycles. The second-order valence-electron chi connectivity index (χ2n) is 6.30. The van der Waals surface area contributed by atoms with Crippen LogP contribution >= 0.6 is 0 Å². The quantitative estimate of drug-likeness (QED) is 0.915. The molecular weight excluding hydrogens is 277 g/mol. The van der Waals surface area contributed by atoms with Crippen molar-refractivity contribution in [2.75, 3.05) is 13.6 Å². The molecule has 0 bridgehead atoms. The van der Waals surface area contributed by atoms with Crippen molar-refractivity contribution in [2.45, 2.75) is 31.0 Å². The summed E-state index contributed by atoms with van der Waals surface area (Å²) in [5, 5.41) is 3.20. The molecule has 0 saturated carbocycles. The zero-order chi connectivity index (χ0) is 15.1. The van der Waals surface area contributed by atoms with Crippen LogP contribution in [-0.2, 0) is 11.2 Å². The van der Waals surface area contributed by atoms with E-state index in [-0.39, 0.29) is 23.9 Å². The maximum Gasteiger partial charge on any atom is 0.123 e. The average Bonchev–Trinajstić information content (AvgIpc) is 2.89. The number of benzene rings is 2. The highest BCUT2D eigenvalue weighted by molar-refractivity contribution is 5.45. The van der Waals surface area contributed by atoms with Crippen LogP contribution in [-0.4, -0.2) is 19.7 Å². The van der Waals surface area contributed by atoms with E-state index in [0.29, 0.717) is 0 Å². The molecule has 1 aliphatic heterocycles. The summed E-state index contributed by atoms with van der Waals surface area (Å²) in [6.07, 6.45) is 2.02. The van der Waals surface area contributed by atoms with Crippen molar-refractivity contribution in [3.05, 3.63) is 70.5 Å². The Bertz CT molecular complexity index is 700. The Balaban J connectivity index is 1.84. The minimum atomic E-state index is -0.152. The zero-order valence-corrected chi connectivity index (χ0v) is 12.7.